The van der Waals surface area contributed by atoms with Crippen LogP contribution in [0.3, 0.4) is 0 Å². The van der Waals surface area contributed by atoms with Gasteiger partial charge in [0.1, 0.15) is 0 Å². The Morgan fingerprint density at radius 1 is 0.551 bits per heavy atom. The van der Waals surface area contributed by atoms with E-state index in [0.29, 0.717) is 82.7 Å². The average Bonchev–Trinajstić information content (AvgIpc) is 3.25. The summed E-state index contributed by atoms with van der Waals surface area (Å²) in [6.07, 6.45) is 1.40. The van der Waals surface area contributed by atoms with Gasteiger partial charge in [-0.3, -0.25) is 19.2 Å². The first kappa shape index (κ1) is 57.1. The van der Waals surface area contributed by atoms with Crippen LogP contribution < -0.4 is 16.7 Å². The highest BCUT2D eigenvalue weighted by molar-refractivity contribution is 9.08. The van der Waals surface area contributed by atoms with Crippen LogP contribution >= 0.6 is 85.5 Å². The molecule has 0 aliphatic rings. The molecule has 3 aromatic carbocycles. The largest absolute Gasteiger partial charge is 0.481 e. The number of carboxylic acids is 1. The number of hydrogen-bond acceptors (Lipinski definition) is 8. The second-order valence-corrected chi connectivity index (χ2v) is 20.2. The van der Waals surface area contributed by atoms with Gasteiger partial charge in [-0.25, -0.2) is 14.0 Å². The topological polar surface area (TPSA) is 166 Å². The predicted molar refractivity (Wildman–Crippen MR) is 282 cm³/mol. The Balaban J connectivity index is 0.000000226. The van der Waals surface area contributed by atoms with Gasteiger partial charge in [0.05, 0.1) is 36.0 Å². The maximum atomic E-state index is 12.1. The predicted octanol–water partition coefficient (Wildman–Crippen LogP) is 12.0. The number of benzene rings is 3. The summed E-state index contributed by atoms with van der Waals surface area (Å²) in [4.78, 5) is 47.1. The van der Waals surface area contributed by atoms with Gasteiger partial charge in [-0.05, 0) is 106 Å². The van der Waals surface area contributed by atoms with E-state index in [4.69, 9.17) is 80.0 Å². The fraction of sp³-hybridized carbons (Fsp3) is 0.360. The maximum Gasteiger partial charge on any atom is 0.307 e. The number of alkyl halides is 1. The Bertz CT molecular complexity index is 3020. The van der Waals surface area contributed by atoms with E-state index in [0.717, 1.165) is 39.2 Å². The third-order valence-electron chi connectivity index (χ3n) is 10.8. The molecule has 3 aromatic heterocycles. The Morgan fingerprint density at radius 3 is 1.07 bits per heavy atom. The van der Waals surface area contributed by atoms with E-state index < -0.39 is 5.97 Å². The van der Waals surface area contributed by atoms with E-state index in [-0.39, 0.29) is 47.3 Å². The van der Waals surface area contributed by atoms with Crippen molar-refractivity contribution < 1.29 is 9.90 Å². The summed E-state index contributed by atoms with van der Waals surface area (Å²) >= 11 is 41.2. The van der Waals surface area contributed by atoms with E-state index in [2.05, 4.69) is 37.3 Å². The van der Waals surface area contributed by atoms with Crippen molar-refractivity contribution in [1.82, 2.24) is 29.3 Å². The summed E-state index contributed by atoms with van der Waals surface area (Å²) in [5.41, 5.74) is 8.62. The number of carboxylic acid groups (broad SMARTS) is 1. The van der Waals surface area contributed by atoms with Crippen LogP contribution in [0, 0.1) is 11.3 Å². The van der Waals surface area contributed by atoms with Crippen LogP contribution in [0.2, 0.25) is 30.1 Å². The minimum absolute atomic E-state index is 0.0643. The van der Waals surface area contributed by atoms with Crippen LogP contribution in [0.5, 0.6) is 0 Å². The molecule has 0 atom stereocenters. The lowest BCUT2D eigenvalue weighted by molar-refractivity contribution is -0.136. The SMILES string of the molecule is CC(C)c1cc(Cc2c(Cl)cc(CBr)cc2Cl)nn(C)c1=O.CC(C)c1cc(Cc2c(Cl)cc(CC#N)cc2Cl)nn(C)c1=O.CC(C)c1cc(Cc2c(Cl)cc(CC(=O)O)cc2Cl)nn(C)c1=O. The minimum Gasteiger partial charge on any atom is -0.481 e. The van der Waals surface area contributed by atoms with Crippen molar-refractivity contribution >= 4 is 91.5 Å². The molecule has 0 saturated heterocycles. The summed E-state index contributed by atoms with van der Waals surface area (Å²) in [5, 5.41) is 34.2. The minimum atomic E-state index is -0.948. The average molecular weight is 1120 g/mol. The number of aryl methyl sites for hydroxylation is 3. The highest BCUT2D eigenvalue weighted by atomic mass is 79.9. The Morgan fingerprint density at radius 2 is 0.826 bits per heavy atom. The number of nitrogens with zero attached hydrogens (tertiary/aromatic N) is 7. The number of halogens is 7. The van der Waals surface area contributed by atoms with Crippen molar-refractivity contribution in [2.24, 2.45) is 21.1 Å². The van der Waals surface area contributed by atoms with Crippen LogP contribution in [0.4, 0.5) is 0 Å². The lowest BCUT2D eigenvalue weighted by Crippen LogP contribution is -2.25. The maximum absolute atomic E-state index is 12.1. The van der Waals surface area contributed by atoms with Gasteiger partial charge in [-0.2, -0.15) is 20.6 Å². The van der Waals surface area contributed by atoms with Gasteiger partial charge in [-0.1, -0.05) is 127 Å². The zero-order valence-electron chi connectivity index (χ0n) is 39.5. The molecule has 0 aliphatic carbocycles. The molecule has 19 heteroatoms. The standard InChI is InChI=1S/C17H17Cl2N3O.C17H18Cl2N2O3.C16H17BrCl2N2O/c1-10(2)13-8-12(21-22(3)17(13)23)9-14-15(18)6-11(4-5-20)7-16(14)19;1-9(2)12-7-11(20-21(3)17(12)24)8-13-14(18)4-10(5-15(13)19)6-16(22)23;1-9(2)12-6-11(20-21(3)16(12)22)7-13-14(18)4-10(8-17)5-15(13)19/h6-8,10H,4,9H2,1-3H3;4-5,7,9H,6,8H2,1-3H3,(H,22,23);4-6,9H,7-8H2,1-3H3. The van der Waals surface area contributed by atoms with Crippen molar-refractivity contribution in [3.05, 3.63) is 183 Å². The quantitative estimate of drug-likeness (QED) is 0.111. The number of rotatable bonds is 13. The second kappa shape index (κ2) is 25.6. The highest BCUT2D eigenvalue weighted by Gasteiger charge is 2.18. The summed E-state index contributed by atoms with van der Waals surface area (Å²) < 4.78 is 4.03. The fourth-order valence-corrected chi connectivity index (χ4v) is 9.47. The van der Waals surface area contributed by atoms with Gasteiger partial charge in [-0.15, -0.1) is 0 Å². The van der Waals surface area contributed by atoms with Crippen LogP contribution in [-0.4, -0.2) is 40.4 Å². The molecule has 0 bridgehead atoms. The molecule has 12 nitrogen and oxygen atoms in total. The molecule has 0 spiro atoms. The van der Waals surface area contributed by atoms with Crippen molar-refractivity contribution in [1.29, 1.82) is 5.26 Å². The Labute approximate surface area is 439 Å². The van der Waals surface area contributed by atoms with Gasteiger partial charge in [0.2, 0.25) is 0 Å². The lowest BCUT2D eigenvalue weighted by atomic mass is 10.0. The first-order chi connectivity index (χ1) is 32.3. The first-order valence-electron chi connectivity index (χ1n) is 21.6. The second-order valence-electron chi connectivity index (χ2n) is 17.2. The monoisotopic (exact) mass is 1120 g/mol. The van der Waals surface area contributed by atoms with Crippen molar-refractivity contribution in [2.75, 3.05) is 0 Å². The third kappa shape index (κ3) is 15.5. The lowest BCUT2D eigenvalue weighted by Gasteiger charge is -2.12. The molecule has 0 radical (unpaired) electrons. The molecule has 1 N–H and O–H groups in total. The van der Waals surface area contributed by atoms with Crippen LogP contribution in [0.1, 0.15) is 126 Å². The molecule has 3 heterocycles. The van der Waals surface area contributed by atoms with E-state index in [9.17, 15) is 19.2 Å². The summed E-state index contributed by atoms with van der Waals surface area (Å²) in [5.74, 6) is -0.618. The summed E-state index contributed by atoms with van der Waals surface area (Å²) in [7, 11) is 4.91. The number of aliphatic carboxylic acids is 1. The van der Waals surface area contributed by atoms with Gasteiger partial charge >= 0.3 is 5.97 Å². The first-order valence-corrected chi connectivity index (χ1v) is 25.0. The molecule has 0 fully saturated rings. The molecule has 0 aliphatic heterocycles. The molecule has 69 heavy (non-hydrogen) atoms. The summed E-state index contributed by atoms with van der Waals surface area (Å²) in [6.45, 7) is 11.8. The third-order valence-corrected chi connectivity index (χ3v) is 13.4. The molecule has 0 amide bonds. The Hall–Kier alpha value is -4.52. The summed E-state index contributed by atoms with van der Waals surface area (Å²) in [6, 6.07) is 18.0. The van der Waals surface area contributed by atoms with E-state index >= 15 is 0 Å². The zero-order chi connectivity index (χ0) is 51.6. The van der Waals surface area contributed by atoms with Crippen LogP contribution in [0.15, 0.2) is 69.0 Å². The normalized spacial score (nSPS) is 11.0. The molecule has 0 unspecified atom stereocenters. The van der Waals surface area contributed by atoms with Crippen LogP contribution in [-0.2, 0) is 63.4 Å². The Kier molecular flexibility index (Phi) is 21.1. The number of aromatic nitrogens is 6. The van der Waals surface area contributed by atoms with Crippen molar-refractivity contribution in [2.45, 2.75) is 96.7 Å². The van der Waals surface area contributed by atoms with Gasteiger partial charge in [0, 0.05) is 92.6 Å². The molecular weight excluding hydrogens is 1070 g/mol. The number of carbonyl (C=O) groups is 1. The van der Waals surface area contributed by atoms with Crippen LogP contribution in [0.25, 0.3) is 0 Å². The molecule has 6 rings (SSSR count). The molecule has 0 saturated carbocycles. The number of hydrogen-bond donors (Lipinski definition) is 1. The fourth-order valence-electron chi connectivity index (χ4n) is 7.15. The highest BCUT2D eigenvalue weighted by Crippen LogP contribution is 2.32. The van der Waals surface area contributed by atoms with Crippen molar-refractivity contribution in [3.8, 4) is 6.07 Å². The molecule has 366 valence electrons. The smallest absolute Gasteiger partial charge is 0.307 e. The van der Waals surface area contributed by atoms with Gasteiger partial charge in [0.15, 0.2) is 0 Å². The van der Waals surface area contributed by atoms with E-state index in [1.807, 2.05) is 65.8 Å². The van der Waals surface area contributed by atoms with E-state index in [1.54, 1.807) is 51.5 Å². The number of nitriles is 1. The van der Waals surface area contributed by atoms with Crippen molar-refractivity contribution in [3.63, 3.8) is 0 Å². The van der Waals surface area contributed by atoms with E-state index in [1.165, 1.54) is 14.0 Å². The van der Waals surface area contributed by atoms with Gasteiger partial charge in [0.25, 0.3) is 16.7 Å². The molecule has 6 aromatic rings. The van der Waals surface area contributed by atoms with Gasteiger partial charge < -0.3 is 5.11 Å². The zero-order valence-corrected chi connectivity index (χ0v) is 45.6. The molecular formula is C50H52BrCl6N7O5.